The normalized spacial score (nSPS) is 11.4. The molecule has 0 unspecified atom stereocenters. The van der Waals surface area contributed by atoms with Crippen LogP contribution in [0, 0.1) is 0 Å². The highest BCUT2D eigenvalue weighted by Crippen LogP contribution is 2.26. The van der Waals surface area contributed by atoms with Crippen molar-refractivity contribution in [2.75, 3.05) is 11.1 Å². The maximum atomic E-state index is 12.3. The van der Waals surface area contributed by atoms with E-state index in [2.05, 4.69) is 22.4 Å². The molecule has 3 N–H and O–H groups in total. The first-order valence-electron chi connectivity index (χ1n) is 9.37. The molecule has 2 aromatic heterocycles. The fourth-order valence-electron chi connectivity index (χ4n) is 2.92. The molecule has 0 aliphatic heterocycles. The molecule has 6 nitrogen and oxygen atoms in total. The fourth-order valence-corrected chi connectivity index (χ4v) is 2.92. The average Bonchev–Trinajstić information content (AvgIpc) is 3.11. The van der Waals surface area contributed by atoms with E-state index in [0.29, 0.717) is 11.7 Å². The molecule has 3 aromatic rings. The number of anilines is 2. The zero-order chi connectivity index (χ0) is 20.3. The smallest absolute Gasteiger partial charge is 0.231 e. The summed E-state index contributed by atoms with van der Waals surface area (Å²) in [6.07, 6.45) is 2.93. The van der Waals surface area contributed by atoms with Gasteiger partial charge >= 0.3 is 0 Å². The minimum absolute atomic E-state index is 0.128. The van der Waals surface area contributed by atoms with Crippen molar-refractivity contribution in [3.63, 3.8) is 0 Å². The number of amides is 1. The molecule has 28 heavy (non-hydrogen) atoms. The summed E-state index contributed by atoms with van der Waals surface area (Å²) in [4.78, 5) is 16.5. The third-order valence-electron chi connectivity index (χ3n) is 4.56. The van der Waals surface area contributed by atoms with Gasteiger partial charge in [0.15, 0.2) is 0 Å². The molecular weight excluding hydrogens is 352 g/mol. The van der Waals surface area contributed by atoms with Crippen LogP contribution in [0.3, 0.4) is 0 Å². The number of hydrogen-bond donors (Lipinski definition) is 2. The number of nitrogens with two attached hydrogens (primary N) is 1. The second-order valence-electron chi connectivity index (χ2n) is 7.87. The second-order valence-corrected chi connectivity index (χ2v) is 7.87. The van der Waals surface area contributed by atoms with Crippen LogP contribution in [0.1, 0.15) is 44.5 Å². The third-order valence-corrected chi connectivity index (χ3v) is 4.56. The van der Waals surface area contributed by atoms with Crippen molar-refractivity contribution in [1.82, 2.24) is 10.1 Å². The zero-order valence-corrected chi connectivity index (χ0v) is 16.7. The Balaban J connectivity index is 1.67. The monoisotopic (exact) mass is 378 g/mol. The lowest BCUT2D eigenvalue weighted by molar-refractivity contribution is -0.115. The highest BCUT2D eigenvalue weighted by Gasteiger charge is 2.19. The second kappa shape index (κ2) is 7.84. The summed E-state index contributed by atoms with van der Waals surface area (Å²) in [7, 11) is 0. The van der Waals surface area contributed by atoms with Crippen molar-refractivity contribution in [2.24, 2.45) is 0 Å². The Kier molecular flexibility index (Phi) is 5.49. The Hall–Kier alpha value is -3.15. The minimum Gasteiger partial charge on any atom is -0.384 e. The molecule has 1 aromatic carbocycles. The van der Waals surface area contributed by atoms with E-state index in [-0.39, 0.29) is 17.7 Å². The Morgan fingerprint density at radius 2 is 1.89 bits per heavy atom. The number of pyridine rings is 1. The highest BCUT2D eigenvalue weighted by molar-refractivity contribution is 5.91. The molecule has 6 heteroatoms. The number of hydrogen-bond acceptors (Lipinski definition) is 5. The van der Waals surface area contributed by atoms with Gasteiger partial charge in [0.25, 0.3) is 0 Å². The number of benzene rings is 1. The summed E-state index contributed by atoms with van der Waals surface area (Å²) in [6, 6.07) is 11.6. The molecule has 0 aliphatic carbocycles. The first-order valence-corrected chi connectivity index (χ1v) is 9.37. The van der Waals surface area contributed by atoms with Gasteiger partial charge in [0.05, 0.1) is 12.1 Å². The number of nitrogen functional groups attached to an aromatic ring is 1. The lowest BCUT2D eigenvalue weighted by atomic mass is 9.92. The summed E-state index contributed by atoms with van der Waals surface area (Å²) in [5.41, 5.74) is 10.6. The van der Waals surface area contributed by atoms with Gasteiger partial charge in [-0.05, 0) is 29.2 Å². The predicted octanol–water partition coefficient (Wildman–Crippen LogP) is 4.36. The van der Waals surface area contributed by atoms with E-state index in [1.54, 1.807) is 12.3 Å². The van der Waals surface area contributed by atoms with Crippen LogP contribution in [0.4, 0.5) is 11.7 Å². The van der Waals surface area contributed by atoms with Crippen LogP contribution in [0.2, 0.25) is 0 Å². The van der Waals surface area contributed by atoms with Crippen molar-refractivity contribution in [2.45, 2.75) is 46.0 Å². The van der Waals surface area contributed by atoms with E-state index in [0.717, 1.165) is 34.4 Å². The number of aromatic nitrogens is 2. The van der Waals surface area contributed by atoms with Gasteiger partial charge in [0.1, 0.15) is 5.82 Å². The number of carbonyl (C=O) groups excluding carboxylic acids is 1. The van der Waals surface area contributed by atoms with E-state index >= 15 is 0 Å². The predicted molar refractivity (Wildman–Crippen MR) is 111 cm³/mol. The molecule has 0 bridgehead atoms. The zero-order valence-electron chi connectivity index (χ0n) is 16.7. The van der Waals surface area contributed by atoms with Crippen molar-refractivity contribution in [3.05, 3.63) is 59.4 Å². The van der Waals surface area contributed by atoms with Gasteiger partial charge in [-0.15, -0.1) is 0 Å². The van der Waals surface area contributed by atoms with E-state index in [1.807, 2.05) is 51.1 Å². The number of aryl methyl sites for hydroxylation is 1. The maximum Gasteiger partial charge on any atom is 0.231 e. The van der Waals surface area contributed by atoms with E-state index < -0.39 is 0 Å². The van der Waals surface area contributed by atoms with Crippen molar-refractivity contribution in [3.8, 4) is 11.1 Å². The van der Waals surface area contributed by atoms with Gasteiger partial charge in [-0.1, -0.05) is 57.1 Å². The van der Waals surface area contributed by atoms with Crippen LogP contribution >= 0.6 is 0 Å². The first kappa shape index (κ1) is 19.6. The Morgan fingerprint density at radius 3 is 2.50 bits per heavy atom. The molecule has 0 saturated carbocycles. The lowest BCUT2D eigenvalue weighted by Gasteiger charge is -2.12. The number of nitrogens with one attached hydrogen (secondary N) is 1. The van der Waals surface area contributed by atoms with Crippen molar-refractivity contribution in [1.29, 1.82) is 0 Å². The fraction of sp³-hybridized carbons (Fsp3) is 0.318. The van der Waals surface area contributed by atoms with Crippen LogP contribution in [0.25, 0.3) is 11.1 Å². The average molecular weight is 378 g/mol. The molecule has 0 saturated heterocycles. The van der Waals surface area contributed by atoms with Gasteiger partial charge in [-0.25, -0.2) is 4.98 Å². The molecule has 3 rings (SSSR count). The summed E-state index contributed by atoms with van der Waals surface area (Å²) < 4.78 is 5.21. The molecule has 0 aliphatic rings. The van der Waals surface area contributed by atoms with Crippen molar-refractivity contribution < 1.29 is 9.32 Å². The summed E-state index contributed by atoms with van der Waals surface area (Å²) in [5.74, 6) is 0.746. The number of rotatable bonds is 5. The maximum absolute atomic E-state index is 12.3. The molecular formula is C22H26N4O2. The minimum atomic E-state index is -0.146. The number of nitrogens with zero attached hydrogens (tertiary/aromatic N) is 2. The van der Waals surface area contributed by atoms with Crippen LogP contribution in [0.15, 0.2) is 47.1 Å². The SMILES string of the molecule is CCc1cc(N)ncc1-c1ccc(CC(=O)Nc2cc(C(C)(C)C)no2)cc1. The van der Waals surface area contributed by atoms with Crippen LogP contribution < -0.4 is 11.1 Å². The molecule has 2 heterocycles. The van der Waals surface area contributed by atoms with Crippen LogP contribution in [0.5, 0.6) is 0 Å². The summed E-state index contributed by atoms with van der Waals surface area (Å²) in [5, 5.41) is 6.77. The van der Waals surface area contributed by atoms with Crippen LogP contribution in [-0.2, 0) is 23.1 Å². The summed E-state index contributed by atoms with van der Waals surface area (Å²) in [6.45, 7) is 8.21. The largest absolute Gasteiger partial charge is 0.384 e. The van der Waals surface area contributed by atoms with Crippen LogP contribution in [-0.4, -0.2) is 16.0 Å². The summed E-state index contributed by atoms with van der Waals surface area (Å²) >= 11 is 0. The van der Waals surface area contributed by atoms with Gasteiger partial charge in [-0.2, -0.15) is 0 Å². The standard InChI is InChI=1S/C22H26N4O2/c1-5-15-11-19(23)24-13-17(15)16-8-6-14(7-9-16)10-20(27)25-21-12-18(26-28-21)22(2,3)4/h6-9,11-13H,5,10H2,1-4H3,(H2,23,24)(H,25,27). The molecule has 0 spiro atoms. The molecule has 0 atom stereocenters. The molecule has 146 valence electrons. The van der Waals surface area contributed by atoms with Gasteiger partial charge in [-0.3, -0.25) is 10.1 Å². The number of carbonyl (C=O) groups is 1. The quantitative estimate of drug-likeness (QED) is 0.688. The van der Waals surface area contributed by atoms with Gasteiger partial charge in [0.2, 0.25) is 11.8 Å². The topological polar surface area (TPSA) is 94.0 Å². The highest BCUT2D eigenvalue weighted by atomic mass is 16.5. The van der Waals surface area contributed by atoms with E-state index in [1.165, 1.54) is 0 Å². The third kappa shape index (κ3) is 4.57. The van der Waals surface area contributed by atoms with Crippen molar-refractivity contribution >= 4 is 17.6 Å². The van der Waals surface area contributed by atoms with Gasteiger partial charge in [0, 0.05) is 23.2 Å². The lowest BCUT2D eigenvalue weighted by Crippen LogP contribution is -2.14. The van der Waals surface area contributed by atoms with Gasteiger partial charge < -0.3 is 10.3 Å². The van der Waals surface area contributed by atoms with E-state index in [4.69, 9.17) is 10.3 Å². The Morgan fingerprint density at radius 1 is 1.18 bits per heavy atom. The first-order chi connectivity index (χ1) is 13.3. The molecule has 0 radical (unpaired) electrons. The molecule has 1 amide bonds. The van der Waals surface area contributed by atoms with E-state index in [9.17, 15) is 4.79 Å². The Bertz CT molecular complexity index is 969. The molecule has 0 fully saturated rings. The Labute approximate surface area is 165 Å².